The summed E-state index contributed by atoms with van der Waals surface area (Å²) in [5, 5.41) is 2.42. The molecular formula is C12H7BrF2N2OS. The van der Waals surface area contributed by atoms with Crippen LogP contribution in [0.1, 0.15) is 5.69 Å². The van der Waals surface area contributed by atoms with Crippen LogP contribution < -0.4 is 4.74 Å². The average molecular weight is 345 g/mol. The molecule has 3 rings (SSSR count). The molecule has 0 N–H and O–H groups in total. The summed E-state index contributed by atoms with van der Waals surface area (Å²) in [6, 6.07) is 3.17. The SMILES string of the molecule is Fc1ccc(Oc2nc3sccn3c2CBr)c(F)c1. The number of nitrogens with zero attached hydrogens (tertiary/aromatic N) is 2. The number of benzene rings is 1. The summed E-state index contributed by atoms with van der Waals surface area (Å²) in [7, 11) is 0. The van der Waals surface area contributed by atoms with E-state index in [1.807, 2.05) is 16.0 Å². The number of fused-ring (bicyclic) bond motifs is 1. The molecule has 0 aliphatic carbocycles. The maximum atomic E-state index is 13.5. The zero-order chi connectivity index (χ0) is 13.4. The molecule has 0 amide bonds. The minimum absolute atomic E-state index is 0.0469. The number of alkyl halides is 1. The largest absolute Gasteiger partial charge is 0.434 e. The summed E-state index contributed by atoms with van der Waals surface area (Å²) >= 11 is 4.80. The van der Waals surface area contributed by atoms with Crippen molar-refractivity contribution in [3.05, 3.63) is 47.1 Å². The Kier molecular flexibility index (Phi) is 3.24. The Morgan fingerprint density at radius 3 is 2.95 bits per heavy atom. The van der Waals surface area contributed by atoms with E-state index in [9.17, 15) is 8.78 Å². The minimum Gasteiger partial charge on any atom is -0.434 e. The van der Waals surface area contributed by atoms with E-state index < -0.39 is 11.6 Å². The number of hydrogen-bond acceptors (Lipinski definition) is 3. The lowest BCUT2D eigenvalue weighted by Gasteiger charge is -2.05. The summed E-state index contributed by atoms with van der Waals surface area (Å²) in [4.78, 5) is 5.03. The Bertz CT molecular complexity index is 740. The molecule has 0 unspecified atom stereocenters. The summed E-state index contributed by atoms with van der Waals surface area (Å²) in [6.45, 7) is 0. The smallest absolute Gasteiger partial charge is 0.243 e. The third kappa shape index (κ3) is 2.23. The lowest BCUT2D eigenvalue weighted by Crippen LogP contribution is -1.93. The van der Waals surface area contributed by atoms with E-state index in [-0.39, 0.29) is 5.75 Å². The zero-order valence-electron chi connectivity index (χ0n) is 9.44. The van der Waals surface area contributed by atoms with Crippen molar-refractivity contribution in [3.8, 4) is 11.6 Å². The molecule has 2 aromatic heterocycles. The highest BCUT2D eigenvalue weighted by Crippen LogP contribution is 2.30. The molecule has 0 spiro atoms. The molecular weight excluding hydrogens is 338 g/mol. The van der Waals surface area contributed by atoms with Gasteiger partial charge in [-0.2, -0.15) is 4.98 Å². The normalized spacial score (nSPS) is 11.1. The van der Waals surface area contributed by atoms with Crippen molar-refractivity contribution in [1.29, 1.82) is 0 Å². The Labute approximate surface area is 119 Å². The van der Waals surface area contributed by atoms with E-state index in [2.05, 4.69) is 20.9 Å². The molecule has 0 bridgehead atoms. The summed E-state index contributed by atoms with van der Waals surface area (Å²) < 4.78 is 33.7. The van der Waals surface area contributed by atoms with E-state index in [1.54, 1.807) is 0 Å². The first kappa shape index (κ1) is 12.6. The summed E-state index contributed by atoms with van der Waals surface area (Å²) in [5.74, 6) is -1.13. The van der Waals surface area contributed by atoms with Gasteiger partial charge in [-0.15, -0.1) is 11.3 Å². The van der Waals surface area contributed by atoms with Crippen LogP contribution in [0, 0.1) is 11.6 Å². The van der Waals surface area contributed by atoms with Crippen LogP contribution in [0.4, 0.5) is 8.78 Å². The van der Waals surface area contributed by atoms with E-state index in [4.69, 9.17) is 4.74 Å². The van der Waals surface area contributed by atoms with E-state index in [0.29, 0.717) is 11.2 Å². The quantitative estimate of drug-likeness (QED) is 0.660. The molecule has 3 nitrogen and oxygen atoms in total. The van der Waals surface area contributed by atoms with Crippen LogP contribution in [0.15, 0.2) is 29.8 Å². The van der Waals surface area contributed by atoms with Crippen molar-refractivity contribution in [3.63, 3.8) is 0 Å². The highest BCUT2D eigenvalue weighted by Gasteiger charge is 2.16. The molecule has 19 heavy (non-hydrogen) atoms. The molecule has 0 saturated carbocycles. The van der Waals surface area contributed by atoms with Gasteiger partial charge >= 0.3 is 0 Å². The van der Waals surface area contributed by atoms with Crippen LogP contribution in [0.25, 0.3) is 4.96 Å². The van der Waals surface area contributed by atoms with Crippen molar-refractivity contribution in [2.45, 2.75) is 5.33 Å². The fraction of sp³-hybridized carbons (Fsp3) is 0.0833. The highest BCUT2D eigenvalue weighted by molar-refractivity contribution is 9.08. The number of ether oxygens (including phenoxy) is 1. The maximum Gasteiger partial charge on any atom is 0.243 e. The molecule has 0 saturated heterocycles. The first-order chi connectivity index (χ1) is 9.19. The number of imidazole rings is 1. The van der Waals surface area contributed by atoms with Crippen LogP contribution in [-0.2, 0) is 5.33 Å². The molecule has 0 fully saturated rings. The van der Waals surface area contributed by atoms with Crippen LogP contribution >= 0.6 is 27.3 Å². The van der Waals surface area contributed by atoms with Gasteiger partial charge in [0.2, 0.25) is 5.88 Å². The van der Waals surface area contributed by atoms with Gasteiger partial charge in [0.1, 0.15) is 5.82 Å². The van der Waals surface area contributed by atoms with E-state index in [1.165, 1.54) is 17.4 Å². The Balaban J connectivity index is 2.02. The van der Waals surface area contributed by atoms with Crippen LogP contribution in [0.3, 0.4) is 0 Å². The van der Waals surface area contributed by atoms with Gasteiger partial charge in [-0.1, -0.05) is 15.9 Å². The standard InChI is InChI=1S/C12H7BrF2N2OS/c13-6-9-11(16-12-17(9)3-4-19-12)18-10-2-1-7(14)5-8(10)15/h1-5H,6H2. The average Bonchev–Trinajstić information content (AvgIpc) is 2.92. The highest BCUT2D eigenvalue weighted by atomic mass is 79.9. The first-order valence-electron chi connectivity index (χ1n) is 5.32. The molecule has 0 aliphatic rings. The number of thiazole rings is 1. The molecule has 7 heteroatoms. The number of halogens is 3. The second kappa shape index (κ2) is 4.90. The fourth-order valence-corrected chi connectivity index (χ4v) is 2.91. The van der Waals surface area contributed by atoms with Gasteiger partial charge in [0.25, 0.3) is 0 Å². The van der Waals surface area contributed by atoms with Crippen molar-refractivity contribution in [2.75, 3.05) is 0 Å². The molecule has 1 aromatic carbocycles. The topological polar surface area (TPSA) is 26.5 Å². The van der Waals surface area contributed by atoms with Crippen molar-refractivity contribution >= 4 is 32.2 Å². The van der Waals surface area contributed by atoms with Gasteiger partial charge in [-0.25, -0.2) is 8.78 Å². The molecule has 98 valence electrons. The maximum absolute atomic E-state index is 13.5. The van der Waals surface area contributed by atoms with E-state index in [0.717, 1.165) is 22.8 Å². The lowest BCUT2D eigenvalue weighted by molar-refractivity contribution is 0.423. The van der Waals surface area contributed by atoms with Gasteiger partial charge in [0, 0.05) is 23.0 Å². The van der Waals surface area contributed by atoms with Crippen LogP contribution in [0.2, 0.25) is 0 Å². The molecule has 2 heterocycles. The summed E-state index contributed by atoms with van der Waals surface area (Å²) in [6.07, 6.45) is 1.86. The molecule has 0 aliphatic heterocycles. The monoisotopic (exact) mass is 344 g/mol. The van der Waals surface area contributed by atoms with Crippen LogP contribution in [-0.4, -0.2) is 9.38 Å². The van der Waals surface area contributed by atoms with Gasteiger partial charge in [-0.3, -0.25) is 4.40 Å². The number of aromatic nitrogens is 2. The van der Waals surface area contributed by atoms with Crippen molar-refractivity contribution < 1.29 is 13.5 Å². The minimum atomic E-state index is -0.753. The predicted molar refractivity (Wildman–Crippen MR) is 72.1 cm³/mol. The first-order valence-corrected chi connectivity index (χ1v) is 7.32. The summed E-state index contributed by atoms with van der Waals surface area (Å²) in [5.41, 5.74) is 0.778. The number of hydrogen-bond donors (Lipinski definition) is 0. The fourth-order valence-electron chi connectivity index (χ4n) is 1.68. The molecule has 0 radical (unpaired) electrons. The van der Waals surface area contributed by atoms with Crippen LogP contribution in [0.5, 0.6) is 11.6 Å². The van der Waals surface area contributed by atoms with Gasteiger partial charge in [-0.05, 0) is 12.1 Å². The Hall–Kier alpha value is -1.47. The van der Waals surface area contributed by atoms with Crippen molar-refractivity contribution in [1.82, 2.24) is 9.38 Å². The zero-order valence-corrected chi connectivity index (χ0v) is 11.8. The van der Waals surface area contributed by atoms with Crippen molar-refractivity contribution in [2.24, 2.45) is 0 Å². The molecule has 3 aromatic rings. The third-order valence-electron chi connectivity index (χ3n) is 2.55. The van der Waals surface area contributed by atoms with E-state index >= 15 is 0 Å². The van der Waals surface area contributed by atoms with Gasteiger partial charge < -0.3 is 4.74 Å². The Morgan fingerprint density at radius 2 is 2.21 bits per heavy atom. The second-order valence-corrected chi connectivity index (χ2v) is 5.16. The lowest BCUT2D eigenvalue weighted by atomic mass is 10.3. The molecule has 0 atom stereocenters. The third-order valence-corrected chi connectivity index (χ3v) is 3.84. The number of rotatable bonds is 3. The van der Waals surface area contributed by atoms with Gasteiger partial charge in [0.15, 0.2) is 16.5 Å². The predicted octanol–water partition coefficient (Wildman–Crippen LogP) is 4.36. The van der Waals surface area contributed by atoms with Gasteiger partial charge in [0.05, 0.1) is 5.69 Å². The second-order valence-electron chi connectivity index (χ2n) is 3.73. The Morgan fingerprint density at radius 1 is 1.37 bits per heavy atom.